The van der Waals surface area contributed by atoms with Crippen LogP contribution in [0.5, 0.6) is 0 Å². The Morgan fingerprint density at radius 3 is 2.48 bits per heavy atom. The van der Waals surface area contributed by atoms with Gasteiger partial charge in [0.15, 0.2) is 5.96 Å². The van der Waals surface area contributed by atoms with Crippen LogP contribution in [-0.2, 0) is 0 Å². The number of halogens is 4. The number of hydrogen-bond acceptors (Lipinski definition) is 3. The van der Waals surface area contributed by atoms with E-state index in [9.17, 15) is 18.3 Å². The van der Waals surface area contributed by atoms with Gasteiger partial charge >= 0.3 is 6.18 Å². The molecule has 1 heterocycles. The molecule has 0 aromatic carbocycles. The molecule has 3 N–H and O–H groups in total. The second kappa shape index (κ2) is 12.1. The van der Waals surface area contributed by atoms with Gasteiger partial charge in [-0.3, -0.25) is 4.99 Å². The van der Waals surface area contributed by atoms with Crippen LogP contribution in [-0.4, -0.2) is 67.5 Å². The van der Waals surface area contributed by atoms with Gasteiger partial charge in [-0.1, -0.05) is 0 Å². The average molecular weight is 452 g/mol. The van der Waals surface area contributed by atoms with Gasteiger partial charge in [0.25, 0.3) is 0 Å². The van der Waals surface area contributed by atoms with Crippen molar-refractivity contribution >= 4 is 29.9 Å². The molecule has 5 nitrogen and oxygen atoms in total. The first kappa shape index (κ1) is 22.7. The zero-order valence-electron chi connectivity index (χ0n) is 13.5. The van der Waals surface area contributed by atoms with E-state index in [-0.39, 0.29) is 36.6 Å². The zero-order valence-corrected chi connectivity index (χ0v) is 15.9. The molecule has 0 atom stereocenters. The Balaban J connectivity index is 0.00000484. The van der Waals surface area contributed by atoms with Crippen molar-refractivity contribution in [1.82, 2.24) is 15.5 Å². The summed E-state index contributed by atoms with van der Waals surface area (Å²) in [5.41, 5.74) is 0. The molecule has 0 unspecified atom stereocenters. The predicted octanol–water partition coefficient (Wildman–Crippen LogP) is 1.96. The summed E-state index contributed by atoms with van der Waals surface area (Å²) in [4.78, 5) is 6.57. The number of aliphatic hydroxyl groups excluding tert-OH is 1. The standard InChI is InChI=1S/C14H27F3N4O.HI/c1-2-18-13(20-8-6-14(15,16)17)19-7-3-9-21-10-4-12(22)5-11-21;/h12,22H,2-11H2,1H3,(H2,18,19,20);1H. The first-order chi connectivity index (χ1) is 10.4. The van der Waals surface area contributed by atoms with Gasteiger partial charge in [-0.2, -0.15) is 13.2 Å². The van der Waals surface area contributed by atoms with Gasteiger partial charge in [0, 0.05) is 32.7 Å². The largest absolute Gasteiger partial charge is 0.393 e. The number of likely N-dealkylation sites (tertiary alicyclic amines) is 1. The highest BCUT2D eigenvalue weighted by Crippen LogP contribution is 2.18. The maximum absolute atomic E-state index is 12.1. The second-order valence-corrected chi connectivity index (χ2v) is 5.48. The fraction of sp³-hybridized carbons (Fsp3) is 0.929. The van der Waals surface area contributed by atoms with Crippen LogP contribution in [0.3, 0.4) is 0 Å². The average Bonchev–Trinajstić information content (AvgIpc) is 2.44. The van der Waals surface area contributed by atoms with Crippen molar-refractivity contribution in [1.29, 1.82) is 0 Å². The summed E-state index contributed by atoms with van der Waals surface area (Å²) >= 11 is 0. The molecule has 0 bridgehead atoms. The summed E-state index contributed by atoms with van der Waals surface area (Å²) < 4.78 is 36.3. The summed E-state index contributed by atoms with van der Waals surface area (Å²) in [6.45, 7) is 5.59. The van der Waals surface area contributed by atoms with Crippen LogP contribution in [0.15, 0.2) is 4.99 Å². The Hall–Kier alpha value is -0.290. The molecule has 0 spiro atoms. The maximum Gasteiger partial charge on any atom is 0.390 e. The molecule has 1 aliphatic heterocycles. The smallest absolute Gasteiger partial charge is 0.390 e. The molecule has 1 rings (SSSR count). The number of nitrogens with zero attached hydrogens (tertiary/aromatic N) is 2. The van der Waals surface area contributed by atoms with Gasteiger partial charge in [-0.05, 0) is 32.7 Å². The Morgan fingerprint density at radius 2 is 1.91 bits per heavy atom. The SMILES string of the molecule is CCNC(=NCCCN1CCC(O)CC1)NCCC(F)(F)F.I. The molecule has 0 aliphatic carbocycles. The monoisotopic (exact) mass is 452 g/mol. The van der Waals surface area contributed by atoms with E-state index < -0.39 is 12.6 Å². The van der Waals surface area contributed by atoms with Crippen LogP contribution in [0, 0.1) is 0 Å². The molecule has 138 valence electrons. The number of alkyl halides is 3. The van der Waals surface area contributed by atoms with Gasteiger partial charge in [-0.25, -0.2) is 0 Å². The minimum Gasteiger partial charge on any atom is -0.393 e. The van der Waals surface area contributed by atoms with Crippen LogP contribution >= 0.6 is 24.0 Å². The van der Waals surface area contributed by atoms with E-state index in [2.05, 4.69) is 20.5 Å². The lowest BCUT2D eigenvalue weighted by atomic mass is 10.1. The molecule has 9 heteroatoms. The normalized spacial score (nSPS) is 17.7. The predicted molar refractivity (Wildman–Crippen MR) is 96.4 cm³/mol. The lowest BCUT2D eigenvalue weighted by Crippen LogP contribution is -2.39. The molecule has 0 aromatic rings. The zero-order chi connectivity index (χ0) is 16.4. The third kappa shape index (κ3) is 11.8. The lowest BCUT2D eigenvalue weighted by Gasteiger charge is -2.29. The molecule has 1 fully saturated rings. The van der Waals surface area contributed by atoms with Crippen molar-refractivity contribution in [2.45, 2.75) is 44.9 Å². The van der Waals surface area contributed by atoms with Gasteiger partial charge in [0.1, 0.15) is 0 Å². The van der Waals surface area contributed by atoms with E-state index in [0.717, 1.165) is 38.9 Å². The fourth-order valence-electron chi connectivity index (χ4n) is 2.29. The topological polar surface area (TPSA) is 59.9 Å². The quantitative estimate of drug-likeness (QED) is 0.239. The number of aliphatic imine (C=N–C) groups is 1. The van der Waals surface area contributed by atoms with Gasteiger partial charge < -0.3 is 20.6 Å². The maximum atomic E-state index is 12.1. The number of aliphatic hydroxyl groups is 1. The molecular weight excluding hydrogens is 424 g/mol. The summed E-state index contributed by atoms with van der Waals surface area (Å²) in [6.07, 6.45) is -2.72. The number of guanidine groups is 1. The molecule has 0 amide bonds. The summed E-state index contributed by atoms with van der Waals surface area (Å²) in [7, 11) is 0. The summed E-state index contributed by atoms with van der Waals surface area (Å²) in [5.74, 6) is 0.431. The minimum absolute atomic E-state index is 0. The van der Waals surface area contributed by atoms with Crippen molar-refractivity contribution in [3.05, 3.63) is 0 Å². The third-order valence-electron chi connectivity index (χ3n) is 3.50. The summed E-state index contributed by atoms with van der Waals surface area (Å²) in [5, 5.41) is 15.1. The van der Waals surface area contributed by atoms with E-state index in [1.165, 1.54) is 0 Å². The fourth-order valence-corrected chi connectivity index (χ4v) is 2.29. The van der Waals surface area contributed by atoms with E-state index in [1.807, 2.05) is 6.92 Å². The van der Waals surface area contributed by atoms with Crippen molar-refractivity contribution < 1.29 is 18.3 Å². The van der Waals surface area contributed by atoms with Crippen LogP contribution in [0.1, 0.15) is 32.6 Å². The molecule has 0 aromatic heterocycles. The van der Waals surface area contributed by atoms with Crippen molar-refractivity contribution in [2.75, 3.05) is 39.3 Å². The Bertz CT molecular complexity index is 334. The molecule has 1 aliphatic rings. The van der Waals surface area contributed by atoms with E-state index in [0.29, 0.717) is 19.0 Å². The van der Waals surface area contributed by atoms with Crippen molar-refractivity contribution in [3.63, 3.8) is 0 Å². The number of piperidine rings is 1. The Morgan fingerprint density at radius 1 is 1.26 bits per heavy atom. The van der Waals surface area contributed by atoms with Crippen LogP contribution in [0.4, 0.5) is 13.2 Å². The summed E-state index contributed by atoms with van der Waals surface area (Å²) in [6, 6.07) is 0. The van der Waals surface area contributed by atoms with E-state index in [1.54, 1.807) is 0 Å². The second-order valence-electron chi connectivity index (χ2n) is 5.48. The molecular formula is C14H28F3IN4O. The van der Waals surface area contributed by atoms with Crippen LogP contribution in [0.25, 0.3) is 0 Å². The minimum atomic E-state index is -4.15. The Labute approximate surface area is 153 Å². The molecule has 0 saturated carbocycles. The highest BCUT2D eigenvalue weighted by atomic mass is 127. The van der Waals surface area contributed by atoms with Crippen LogP contribution < -0.4 is 10.6 Å². The third-order valence-corrected chi connectivity index (χ3v) is 3.50. The highest BCUT2D eigenvalue weighted by Gasteiger charge is 2.26. The number of rotatable bonds is 7. The van der Waals surface area contributed by atoms with Gasteiger partial charge in [0.2, 0.25) is 0 Å². The van der Waals surface area contributed by atoms with E-state index >= 15 is 0 Å². The van der Waals surface area contributed by atoms with Gasteiger partial charge in [-0.15, -0.1) is 24.0 Å². The number of hydrogen-bond donors (Lipinski definition) is 3. The van der Waals surface area contributed by atoms with Crippen molar-refractivity contribution in [2.24, 2.45) is 4.99 Å². The molecule has 0 radical (unpaired) electrons. The van der Waals surface area contributed by atoms with Crippen molar-refractivity contribution in [3.8, 4) is 0 Å². The van der Waals surface area contributed by atoms with Gasteiger partial charge in [0.05, 0.1) is 12.5 Å². The first-order valence-electron chi connectivity index (χ1n) is 7.90. The van der Waals surface area contributed by atoms with Crippen LogP contribution in [0.2, 0.25) is 0 Å². The molecule has 23 heavy (non-hydrogen) atoms. The molecule has 1 saturated heterocycles. The lowest BCUT2D eigenvalue weighted by molar-refractivity contribution is -0.132. The Kier molecular flexibility index (Phi) is 12.0. The highest BCUT2D eigenvalue weighted by molar-refractivity contribution is 14.0. The number of nitrogens with one attached hydrogen (secondary N) is 2. The first-order valence-corrected chi connectivity index (χ1v) is 7.90. The van der Waals surface area contributed by atoms with E-state index in [4.69, 9.17) is 0 Å².